The highest BCUT2D eigenvalue weighted by molar-refractivity contribution is 6.32. The number of anilines is 1. The second-order valence-corrected chi connectivity index (χ2v) is 6.75. The smallest absolute Gasteiger partial charge is 0.138 e. The van der Waals surface area contributed by atoms with E-state index in [1.54, 1.807) is 0 Å². The van der Waals surface area contributed by atoms with Gasteiger partial charge in [-0.1, -0.05) is 53.5 Å². The first-order valence-corrected chi connectivity index (χ1v) is 8.82. The molecule has 0 saturated carbocycles. The van der Waals surface area contributed by atoms with Crippen LogP contribution < -0.4 is 10.1 Å². The number of aryl methyl sites for hydroxylation is 1. The van der Waals surface area contributed by atoms with E-state index in [2.05, 4.69) is 30.4 Å². The molecule has 0 aliphatic rings. The monoisotopic (exact) mass is 371 g/mol. The Morgan fingerprint density at radius 3 is 2.48 bits per heavy atom. The van der Waals surface area contributed by atoms with E-state index >= 15 is 0 Å². The molecule has 0 fully saturated rings. The molecule has 3 aromatic carbocycles. The summed E-state index contributed by atoms with van der Waals surface area (Å²) in [5.41, 5.74) is 4.43. The van der Waals surface area contributed by atoms with Crippen molar-refractivity contribution in [1.29, 1.82) is 0 Å². The largest absolute Gasteiger partial charge is 0.487 e. The zero-order valence-electron chi connectivity index (χ0n) is 13.9. The maximum atomic E-state index is 6.36. The molecule has 2 nitrogen and oxygen atoms in total. The van der Waals surface area contributed by atoms with Gasteiger partial charge in [-0.25, -0.2) is 0 Å². The van der Waals surface area contributed by atoms with Crippen molar-refractivity contribution in [3.63, 3.8) is 0 Å². The Balaban J connectivity index is 1.60. The summed E-state index contributed by atoms with van der Waals surface area (Å²) >= 11 is 12.3. The molecule has 0 amide bonds. The summed E-state index contributed by atoms with van der Waals surface area (Å²) < 4.78 is 5.80. The molecule has 0 heterocycles. The average Bonchev–Trinajstić information content (AvgIpc) is 2.59. The normalized spacial score (nSPS) is 10.5. The van der Waals surface area contributed by atoms with Crippen LogP contribution >= 0.6 is 23.2 Å². The third-order valence-corrected chi connectivity index (χ3v) is 4.32. The van der Waals surface area contributed by atoms with Crippen LogP contribution in [-0.4, -0.2) is 0 Å². The molecule has 0 aromatic heterocycles. The second kappa shape index (κ2) is 8.28. The molecular weight excluding hydrogens is 353 g/mol. The molecule has 0 atom stereocenters. The van der Waals surface area contributed by atoms with Gasteiger partial charge in [0.1, 0.15) is 12.4 Å². The van der Waals surface area contributed by atoms with E-state index in [1.165, 1.54) is 5.56 Å². The van der Waals surface area contributed by atoms with E-state index in [0.717, 1.165) is 16.8 Å². The van der Waals surface area contributed by atoms with Gasteiger partial charge in [-0.05, 0) is 60.0 Å². The summed E-state index contributed by atoms with van der Waals surface area (Å²) in [4.78, 5) is 0. The second-order valence-electron chi connectivity index (χ2n) is 5.91. The van der Waals surface area contributed by atoms with Gasteiger partial charge in [0.2, 0.25) is 0 Å². The first-order valence-electron chi connectivity index (χ1n) is 8.06. The van der Waals surface area contributed by atoms with Crippen molar-refractivity contribution in [1.82, 2.24) is 0 Å². The summed E-state index contributed by atoms with van der Waals surface area (Å²) in [7, 11) is 0. The van der Waals surface area contributed by atoms with Gasteiger partial charge in [0.25, 0.3) is 0 Å². The predicted molar refractivity (Wildman–Crippen MR) is 106 cm³/mol. The summed E-state index contributed by atoms with van der Waals surface area (Å²) in [6.45, 7) is 3.22. The van der Waals surface area contributed by atoms with E-state index < -0.39 is 0 Å². The Bertz CT molecular complexity index is 864. The highest BCUT2D eigenvalue weighted by atomic mass is 35.5. The summed E-state index contributed by atoms with van der Waals surface area (Å²) in [5, 5.41) is 4.70. The molecule has 0 unspecified atom stereocenters. The Hall–Kier alpha value is -2.16. The Kier molecular flexibility index (Phi) is 5.85. The number of benzene rings is 3. The lowest BCUT2D eigenvalue weighted by atomic mass is 10.2. The van der Waals surface area contributed by atoms with Gasteiger partial charge in [-0.15, -0.1) is 0 Å². The Morgan fingerprint density at radius 2 is 1.72 bits per heavy atom. The predicted octanol–water partition coefficient (Wildman–Crippen LogP) is 6.49. The number of hydrogen-bond donors (Lipinski definition) is 1. The fourth-order valence-electron chi connectivity index (χ4n) is 2.52. The van der Waals surface area contributed by atoms with Gasteiger partial charge in [0.15, 0.2) is 0 Å². The molecule has 0 saturated heterocycles. The minimum atomic E-state index is 0.432. The third-order valence-electron chi connectivity index (χ3n) is 3.79. The quantitative estimate of drug-likeness (QED) is 0.534. The number of halogens is 2. The van der Waals surface area contributed by atoms with E-state index in [-0.39, 0.29) is 0 Å². The first-order chi connectivity index (χ1) is 12.1. The van der Waals surface area contributed by atoms with E-state index in [0.29, 0.717) is 28.9 Å². The van der Waals surface area contributed by atoms with Crippen LogP contribution in [0.4, 0.5) is 5.69 Å². The van der Waals surface area contributed by atoms with Crippen LogP contribution in [0.5, 0.6) is 5.75 Å². The van der Waals surface area contributed by atoms with Crippen molar-refractivity contribution in [3.8, 4) is 5.75 Å². The third kappa shape index (κ3) is 5.15. The molecular formula is C21H19Cl2NO. The maximum Gasteiger partial charge on any atom is 0.138 e. The minimum Gasteiger partial charge on any atom is -0.487 e. The topological polar surface area (TPSA) is 21.3 Å². The standard InChI is InChI=1S/C21H19Cl2NO/c1-15-4-2-7-19(10-15)24-13-16-8-9-21(20(23)12-16)25-14-17-5-3-6-18(22)11-17/h2-12,24H,13-14H2,1H3. The number of ether oxygens (including phenoxy) is 1. The van der Waals surface area contributed by atoms with Gasteiger partial charge >= 0.3 is 0 Å². The van der Waals surface area contributed by atoms with Gasteiger partial charge in [-0.2, -0.15) is 0 Å². The lowest BCUT2D eigenvalue weighted by molar-refractivity contribution is 0.306. The van der Waals surface area contributed by atoms with E-state index in [9.17, 15) is 0 Å². The van der Waals surface area contributed by atoms with Crippen LogP contribution in [0.1, 0.15) is 16.7 Å². The SMILES string of the molecule is Cc1cccc(NCc2ccc(OCc3cccc(Cl)c3)c(Cl)c2)c1. The number of hydrogen-bond acceptors (Lipinski definition) is 2. The first kappa shape index (κ1) is 17.7. The molecule has 25 heavy (non-hydrogen) atoms. The van der Waals surface area contributed by atoms with Crippen LogP contribution in [0.25, 0.3) is 0 Å². The summed E-state index contributed by atoms with van der Waals surface area (Å²) in [6.07, 6.45) is 0. The molecule has 128 valence electrons. The Labute approximate surface area is 158 Å². The molecule has 4 heteroatoms. The molecule has 0 spiro atoms. The summed E-state index contributed by atoms with van der Waals surface area (Å²) in [6, 6.07) is 21.7. The molecule has 1 N–H and O–H groups in total. The van der Waals surface area contributed by atoms with Gasteiger partial charge in [-0.3, -0.25) is 0 Å². The van der Waals surface area contributed by atoms with Crippen LogP contribution in [0.15, 0.2) is 66.7 Å². The van der Waals surface area contributed by atoms with Crippen molar-refractivity contribution in [3.05, 3.63) is 93.5 Å². The lowest BCUT2D eigenvalue weighted by Gasteiger charge is -2.11. The van der Waals surface area contributed by atoms with Gasteiger partial charge in [0.05, 0.1) is 5.02 Å². The van der Waals surface area contributed by atoms with Crippen LogP contribution in [0.3, 0.4) is 0 Å². The van der Waals surface area contributed by atoms with Gasteiger partial charge < -0.3 is 10.1 Å². The molecule has 0 radical (unpaired) electrons. The van der Waals surface area contributed by atoms with Crippen LogP contribution in [-0.2, 0) is 13.2 Å². The van der Waals surface area contributed by atoms with Gasteiger partial charge in [0, 0.05) is 17.3 Å². The summed E-state index contributed by atoms with van der Waals surface area (Å²) in [5.74, 6) is 0.668. The maximum absolute atomic E-state index is 6.36. The van der Waals surface area contributed by atoms with Crippen molar-refractivity contribution in [2.24, 2.45) is 0 Å². The zero-order valence-corrected chi connectivity index (χ0v) is 15.4. The number of rotatable bonds is 6. The van der Waals surface area contributed by atoms with Crippen molar-refractivity contribution in [2.45, 2.75) is 20.1 Å². The average molecular weight is 372 g/mol. The Morgan fingerprint density at radius 1 is 0.880 bits per heavy atom. The van der Waals surface area contributed by atoms with E-state index in [1.807, 2.05) is 48.5 Å². The zero-order chi connectivity index (χ0) is 17.6. The van der Waals surface area contributed by atoms with Crippen molar-refractivity contribution >= 4 is 28.9 Å². The fraction of sp³-hybridized carbons (Fsp3) is 0.143. The molecule has 3 aromatic rings. The highest BCUT2D eigenvalue weighted by Crippen LogP contribution is 2.27. The van der Waals surface area contributed by atoms with Crippen molar-refractivity contribution < 1.29 is 4.74 Å². The fourth-order valence-corrected chi connectivity index (χ4v) is 2.99. The molecule has 0 bridgehead atoms. The lowest BCUT2D eigenvalue weighted by Crippen LogP contribution is -2.00. The minimum absolute atomic E-state index is 0.432. The molecule has 3 rings (SSSR count). The number of nitrogens with one attached hydrogen (secondary N) is 1. The molecule has 0 aliphatic carbocycles. The highest BCUT2D eigenvalue weighted by Gasteiger charge is 2.05. The van der Waals surface area contributed by atoms with Crippen LogP contribution in [0.2, 0.25) is 10.0 Å². The van der Waals surface area contributed by atoms with Crippen molar-refractivity contribution in [2.75, 3.05) is 5.32 Å². The van der Waals surface area contributed by atoms with Crippen LogP contribution in [0, 0.1) is 6.92 Å². The van der Waals surface area contributed by atoms with E-state index in [4.69, 9.17) is 27.9 Å². The molecule has 0 aliphatic heterocycles.